The zero-order valence-corrected chi connectivity index (χ0v) is 10.2. The first-order valence-corrected chi connectivity index (χ1v) is 6.01. The lowest BCUT2D eigenvalue weighted by Crippen LogP contribution is -2.36. The number of rotatable bonds is 3. The highest BCUT2D eigenvalue weighted by molar-refractivity contribution is 7.85. The minimum Gasteiger partial charge on any atom is -0.444 e. The average Bonchev–Trinajstić information content (AvgIpc) is 1.95. The Morgan fingerprint density at radius 2 is 1.87 bits per heavy atom. The van der Waals surface area contributed by atoms with Gasteiger partial charge in [0.15, 0.2) is 0 Å². The SMILES string of the molecule is CN(CCS(=O)(=O)O)C(=O)OC(C)(C)C. The van der Waals surface area contributed by atoms with Crippen molar-refractivity contribution in [2.24, 2.45) is 0 Å². The fourth-order valence-electron chi connectivity index (χ4n) is 0.683. The Bertz CT molecular complexity index is 316. The lowest BCUT2D eigenvalue weighted by molar-refractivity contribution is 0.0309. The maximum atomic E-state index is 11.3. The van der Waals surface area contributed by atoms with Crippen LogP contribution in [0.3, 0.4) is 0 Å². The Morgan fingerprint density at radius 3 is 2.20 bits per heavy atom. The van der Waals surface area contributed by atoms with E-state index in [1.54, 1.807) is 20.8 Å². The topological polar surface area (TPSA) is 83.9 Å². The van der Waals surface area contributed by atoms with Gasteiger partial charge in [-0.2, -0.15) is 8.42 Å². The molecule has 0 aliphatic carbocycles. The third-order valence-electron chi connectivity index (χ3n) is 1.39. The zero-order chi connectivity index (χ0) is 12.3. The smallest absolute Gasteiger partial charge is 0.410 e. The van der Waals surface area contributed by atoms with E-state index in [0.29, 0.717) is 0 Å². The normalized spacial score (nSPS) is 12.3. The first-order chi connectivity index (χ1) is 6.51. The van der Waals surface area contributed by atoms with Gasteiger partial charge in [0, 0.05) is 13.6 Å². The molecule has 0 heterocycles. The summed E-state index contributed by atoms with van der Waals surface area (Å²) < 4.78 is 34.3. The third-order valence-corrected chi connectivity index (χ3v) is 2.09. The number of hydrogen-bond acceptors (Lipinski definition) is 4. The van der Waals surface area contributed by atoms with Crippen LogP contribution in [-0.4, -0.2) is 48.9 Å². The minimum atomic E-state index is -4.05. The molecule has 0 unspecified atom stereocenters. The quantitative estimate of drug-likeness (QED) is 0.734. The van der Waals surface area contributed by atoms with Crippen LogP contribution in [0.15, 0.2) is 0 Å². The average molecular weight is 239 g/mol. The predicted octanol–water partition coefficient (Wildman–Crippen LogP) is 0.741. The van der Waals surface area contributed by atoms with E-state index in [2.05, 4.69) is 0 Å². The lowest BCUT2D eigenvalue weighted by atomic mass is 10.2. The molecule has 0 aromatic rings. The van der Waals surface area contributed by atoms with Crippen LogP contribution in [0.5, 0.6) is 0 Å². The second-order valence-corrected chi connectivity index (χ2v) is 5.76. The molecule has 0 saturated heterocycles. The van der Waals surface area contributed by atoms with Gasteiger partial charge in [-0.25, -0.2) is 4.79 Å². The molecule has 0 bridgehead atoms. The summed E-state index contributed by atoms with van der Waals surface area (Å²) in [7, 11) is -2.64. The van der Waals surface area contributed by atoms with Crippen LogP contribution in [0.25, 0.3) is 0 Å². The van der Waals surface area contributed by atoms with Gasteiger partial charge in [0.2, 0.25) is 0 Å². The van der Waals surface area contributed by atoms with Gasteiger partial charge in [-0.15, -0.1) is 0 Å². The Hall–Kier alpha value is -0.820. The zero-order valence-electron chi connectivity index (χ0n) is 9.35. The second kappa shape index (κ2) is 4.80. The summed E-state index contributed by atoms with van der Waals surface area (Å²) in [6.07, 6.45) is -0.619. The van der Waals surface area contributed by atoms with Crippen molar-refractivity contribution in [2.75, 3.05) is 19.3 Å². The maximum absolute atomic E-state index is 11.3. The Labute approximate surface area is 90.0 Å². The van der Waals surface area contributed by atoms with E-state index in [4.69, 9.17) is 9.29 Å². The fourth-order valence-corrected chi connectivity index (χ4v) is 1.19. The van der Waals surface area contributed by atoms with E-state index in [1.807, 2.05) is 0 Å². The first-order valence-electron chi connectivity index (χ1n) is 4.40. The number of carbonyl (C=O) groups excluding carboxylic acids is 1. The molecule has 0 rings (SSSR count). The summed E-state index contributed by atoms with van der Waals surface area (Å²) in [4.78, 5) is 12.4. The van der Waals surface area contributed by atoms with Crippen molar-refractivity contribution in [3.05, 3.63) is 0 Å². The number of hydrogen-bond donors (Lipinski definition) is 1. The minimum absolute atomic E-state index is 0.103. The van der Waals surface area contributed by atoms with Crippen molar-refractivity contribution in [1.29, 1.82) is 0 Å². The summed E-state index contributed by atoms with van der Waals surface area (Å²) in [5, 5.41) is 0. The number of amides is 1. The fraction of sp³-hybridized carbons (Fsp3) is 0.875. The monoisotopic (exact) mass is 239 g/mol. The molecule has 0 atom stereocenters. The highest BCUT2D eigenvalue weighted by Crippen LogP contribution is 2.08. The molecule has 0 aromatic carbocycles. The van der Waals surface area contributed by atoms with E-state index in [9.17, 15) is 13.2 Å². The van der Waals surface area contributed by atoms with Crippen LogP contribution in [0.4, 0.5) is 4.79 Å². The number of nitrogens with zero attached hydrogens (tertiary/aromatic N) is 1. The first kappa shape index (κ1) is 14.2. The third kappa shape index (κ3) is 8.19. The van der Waals surface area contributed by atoms with E-state index in [-0.39, 0.29) is 6.54 Å². The van der Waals surface area contributed by atoms with Crippen LogP contribution in [0, 0.1) is 0 Å². The molecule has 0 radical (unpaired) electrons. The van der Waals surface area contributed by atoms with Crippen molar-refractivity contribution in [1.82, 2.24) is 4.90 Å². The molecule has 1 amide bonds. The molecule has 0 fully saturated rings. The summed E-state index contributed by atoms with van der Waals surface area (Å²) in [6.45, 7) is 5.03. The molecule has 0 aliphatic rings. The van der Waals surface area contributed by atoms with Crippen LogP contribution in [-0.2, 0) is 14.9 Å². The van der Waals surface area contributed by atoms with E-state index in [0.717, 1.165) is 4.90 Å². The Kier molecular flexibility index (Phi) is 4.54. The largest absolute Gasteiger partial charge is 0.444 e. The van der Waals surface area contributed by atoms with Crippen LogP contribution in [0.2, 0.25) is 0 Å². The van der Waals surface area contributed by atoms with Crippen LogP contribution < -0.4 is 0 Å². The highest BCUT2D eigenvalue weighted by atomic mass is 32.2. The molecule has 0 aliphatic heterocycles. The summed E-state index contributed by atoms with van der Waals surface area (Å²) in [6, 6.07) is 0. The Balaban J connectivity index is 4.12. The van der Waals surface area contributed by atoms with Crippen LogP contribution in [0.1, 0.15) is 20.8 Å². The Morgan fingerprint density at radius 1 is 1.40 bits per heavy atom. The summed E-state index contributed by atoms with van der Waals surface area (Å²) in [5.74, 6) is -0.497. The maximum Gasteiger partial charge on any atom is 0.410 e. The second-order valence-electron chi connectivity index (χ2n) is 4.19. The molecule has 0 aromatic heterocycles. The van der Waals surface area contributed by atoms with Gasteiger partial charge in [-0.05, 0) is 20.8 Å². The van der Waals surface area contributed by atoms with E-state index >= 15 is 0 Å². The molecular formula is C8H17NO5S. The van der Waals surface area contributed by atoms with Gasteiger partial charge in [-0.3, -0.25) is 4.55 Å². The molecule has 0 spiro atoms. The summed E-state index contributed by atoms with van der Waals surface area (Å²) >= 11 is 0. The van der Waals surface area contributed by atoms with Crippen molar-refractivity contribution in [2.45, 2.75) is 26.4 Å². The van der Waals surface area contributed by atoms with Crippen molar-refractivity contribution >= 4 is 16.2 Å². The van der Waals surface area contributed by atoms with Gasteiger partial charge in [0.05, 0.1) is 5.75 Å². The van der Waals surface area contributed by atoms with E-state index in [1.165, 1.54) is 7.05 Å². The van der Waals surface area contributed by atoms with E-state index < -0.39 is 27.6 Å². The molecule has 6 nitrogen and oxygen atoms in total. The van der Waals surface area contributed by atoms with Crippen molar-refractivity contribution in [3.8, 4) is 0 Å². The lowest BCUT2D eigenvalue weighted by Gasteiger charge is -2.24. The van der Waals surface area contributed by atoms with Gasteiger partial charge in [-0.1, -0.05) is 0 Å². The molecule has 15 heavy (non-hydrogen) atoms. The molecule has 1 N–H and O–H groups in total. The highest BCUT2D eigenvalue weighted by Gasteiger charge is 2.20. The van der Waals surface area contributed by atoms with Crippen LogP contribution >= 0.6 is 0 Å². The van der Waals surface area contributed by atoms with Crippen molar-refractivity contribution < 1.29 is 22.5 Å². The number of carbonyl (C=O) groups is 1. The predicted molar refractivity (Wildman–Crippen MR) is 55.3 cm³/mol. The standard InChI is InChI=1S/C8H17NO5S/c1-8(2,3)14-7(10)9(4)5-6-15(11,12)13/h5-6H2,1-4H3,(H,11,12,13). The van der Waals surface area contributed by atoms with Gasteiger partial charge in [0.25, 0.3) is 10.1 Å². The molecule has 7 heteroatoms. The summed E-state index contributed by atoms with van der Waals surface area (Å²) in [5.41, 5.74) is -0.622. The van der Waals surface area contributed by atoms with Gasteiger partial charge in [0.1, 0.15) is 5.60 Å². The molecule has 0 saturated carbocycles. The molecular weight excluding hydrogens is 222 g/mol. The van der Waals surface area contributed by atoms with Crippen molar-refractivity contribution in [3.63, 3.8) is 0 Å². The van der Waals surface area contributed by atoms with Gasteiger partial charge >= 0.3 is 6.09 Å². The van der Waals surface area contributed by atoms with Gasteiger partial charge < -0.3 is 9.64 Å². The number of ether oxygens (including phenoxy) is 1. The molecule has 90 valence electrons.